The van der Waals surface area contributed by atoms with Crippen molar-refractivity contribution in [1.82, 2.24) is 19.9 Å². The summed E-state index contributed by atoms with van der Waals surface area (Å²) in [5.41, 5.74) is 20.3. The predicted molar refractivity (Wildman–Crippen MR) is 221 cm³/mol. The van der Waals surface area contributed by atoms with E-state index in [4.69, 9.17) is 15.7 Å². The zero-order valence-corrected chi connectivity index (χ0v) is 29.9. The van der Waals surface area contributed by atoms with Crippen molar-refractivity contribution in [3.63, 3.8) is 0 Å². The molecule has 1 atom stereocenters. The summed E-state index contributed by atoms with van der Waals surface area (Å²) < 4.78 is 0. The maximum atomic E-state index is 6.58. The quantitative estimate of drug-likeness (QED) is 0.114. The Morgan fingerprint density at radius 3 is 1.92 bits per heavy atom. The Bertz CT molecular complexity index is 2510. The number of pyridine rings is 4. The van der Waals surface area contributed by atoms with Gasteiger partial charge in [-0.2, -0.15) is 0 Å². The molecule has 0 aliphatic heterocycles. The van der Waals surface area contributed by atoms with Crippen LogP contribution in [0.2, 0.25) is 0 Å². The van der Waals surface area contributed by atoms with Gasteiger partial charge in [0.1, 0.15) is 0 Å². The van der Waals surface area contributed by atoms with E-state index in [1.54, 1.807) is 0 Å². The van der Waals surface area contributed by atoms with Crippen LogP contribution in [0.5, 0.6) is 0 Å². The number of likely N-dealkylation sites (N-methyl/N-ethyl adjacent to an activating group) is 1. The molecule has 0 amide bonds. The molecule has 0 fully saturated rings. The Labute approximate surface area is 310 Å². The molecule has 2 N–H and O–H groups in total. The van der Waals surface area contributed by atoms with E-state index in [0.717, 1.165) is 102 Å². The third-order valence-corrected chi connectivity index (χ3v) is 9.92. The van der Waals surface area contributed by atoms with Crippen molar-refractivity contribution >= 4 is 33.2 Å². The molecule has 0 aliphatic rings. The number of anilines is 2. The van der Waals surface area contributed by atoms with E-state index >= 15 is 0 Å². The molecule has 0 bridgehead atoms. The van der Waals surface area contributed by atoms with E-state index < -0.39 is 0 Å². The number of benzene rings is 4. The monoisotopic (exact) mass is 688 g/mol. The van der Waals surface area contributed by atoms with Crippen molar-refractivity contribution in [2.24, 2.45) is 0 Å². The molecule has 0 radical (unpaired) electrons. The van der Waals surface area contributed by atoms with Gasteiger partial charge < -0.3 is 10.6 Å². The molecule has 258 valence electrons. The zero-order chi connectivity index (χ0) is 36.3. The number of fused-ring (bicyclic) bond motifs is 2. The van der Waals surface area contributed by atoms with E-state index in [-0.39, 0.29) is 6.04 Å². The van der Waals surface area contributed by atoms with Gasteiger partial charge in [0.25, 0.3) is 0 Å². The Morgan fingerprint density at radius 2 is 1.28 bits per heavy atom. The van der Waals surface area contributed by atoms with E-state index in [1.807, 2.05) is 54.9 Å². The molecule has 53 heavy (non-hydrogen) atoms. The second-order valence-electron chi connectivity index (χ2n) is 13.4. The molecule has 4 aromatic heterocycles. The highest BCUT2D eigenvalue weighted by molar-refractivity contribution is 5.91. The van der Waals surface area contributed by atoms with Gasteiger partial charge in [0, 0.05) is 52.6 Å². The van der Waals surface area contributed by atoms with Crippen molar-refractivity contribution in [1.29, 1.82) is 0 Å². The fourth-order valence-electron chi connectivity index (χ4n) is 7.05. The van der Waals surface area contributed by atoms with Gasteiger partial charge in [0.05, 0.1) is 45.5 Å². The highest BCUT2D eigenvalue weighted by atomic mass is 15.1. The van der Waals surface area contributed by atoms with Gasteiger partial charge in [-0.1, -0.05) is 74.0 Å². The molecule has 0 spiro atoms. The first-order chi connectivity index (χ1) is 26.0. The number of aromatic nitrogens is 4. The van der Waals surface area contributed by atoms with Gasteiger partial charge in [-0.25, -0.2) is 9.97 Å². The molecule has 6 heteroatoms. The molecule has 8 rings (SSSR count). The number of aryl methyl sites for hydroxylation is 1. The molecular formula is C47H40N6. The van der Waals surface area contributed by atoms with Crippen LogP contribution in [0, 0.1) is 0 Å². The highest BCUT2D eigenvalue weighted by Crippen LogP contribution is 2.34. The summed E-state index contributed by atoms with van der Waals surface area (Å²) in [5.74, 6) is 0. The lowest BCUT2D eigenvalue weighted by molar-refractivity contribution is 0.787. The maximum Gasteiger partial charge on any atom is 0.0938 e. The summed E-state index contributed by atoms with van der Waals surface area (Å²) in [6, 6.07) is 46.0. The third kappa shape index (κ3) is 6.75. The van der Waals surface area contributed by atoms with Gasteiger partial charge in [-0.15, -0.1) is 6.58 Å². The Morgan fingerprint density at radius 1 is 0.642 bits per heavy atom. The molecule has 8 aromatic rings. The van der Waals surface area contributed by atoms with E-state index in [1.165, 1.54) is 0 Å². The van der Waals surface area contributed by atoms with Gasteiger partial charge >= 0.3 is 0 Å². The second-order valence-corrected chi connectivity index (χ2v) is 13.4. The summed E-state index contributed by atoms with van der Waals surface area (Å²) in [5, 5.41) is 2.13. The standard InChI is InChI=1S/C47H40N6/c1-4-10-32-13-14-33-17-24-44(52-47(33)46(32)48)45(5-2)53(3)39-20-15-31(16-21-39)34-18-22-42-35(27-34)19-23-43(51-42)38-29-36(40-11-6-8-25-49-40)28-37(30-38)41-12-7-9-26-50-41/h5-9,11-30,45H,2,4,10,48H2,1,3H3. The lowest BCUT2D eigenvalue weighted by atomic mass is 9.98. The van der Waals surface area contributed by atoms with Crippen LogP contribution in [0.1, 0.15) is 30.6 Å². The van der Waals surface area contributed by atoms with Gasteiger partial charge in [0.2, 0.25) is 0 Å². The smallest absolute Gasteiger partial charge is 0.0938 e. The normalized spacial score (nSPS) is 11.8. The van der Waals surface area contributed by atoms with Crippen LogP contribution in [-0.4, -0.2) is 27.0 Å². The van der Waals surface area contributed by atoms with E-state index in [0.29, 0.717) is 0 Å². The molecule has 0 saturated heterocycles. The predicted octanol–water partition coefficient (Wildman–Crippen LogP) is 11.1. The van der Waals surface area contributed by atoms with Crippen molar-refractivity contribution in [2.45, 2.75) is 25.8 Å². The average molecular weight is 689 g/mol. The van der Waals surface area contributed by atoms with Crippen LogP contribution in [0.4, 0.5) is 11.4 Å². The topological polar surface area (TPSA) is 80.8 Å². The number of rotatable bonds is 10. The fourth-order valence-corrected chi connectivity index (χ4v) is 7.05. The minimum absolute atomic E-state index is 0.120. The van der Waals surface area contributed by atoms with Gasteiger partial charge in [-0.05, 0) is 102 Å². The minimum atomic E-state index is -0.120. The van der Waals surface area contributed by atoms with Crippen molar-refractivity contribution < 1.29 is 0 Å². The van der Waals surface area contributed by atoms with Gasteiger partial charge in [0.15, 0.2) is 0 Å². The number of hydrogen-bond acceptors (Lipinski definition) is 6. The summed E-state index contributed by atoms with van der Waals surface area (Å²) in [6.45, 7) is 6.33. The number of hydrogen-bond donors (Lipinski definition) is 1. The molecule has 0 aliphatic carbocycles. The molecule has 4 heterocycles. The van der Waals surface area contributed by atoms with Crippen molar-refractivity contribution in [2.75, 3.05) is 17.7 Å². The number of nitrogen functional groups attached to an aromatic ring is 1. The average Bonchev–Trinajstić information content (AvgIpc) is 3.22. The molecule has 1 unspecified atom stereocenters. The van der Waals surface area contributed by atoms with E-state index in [9.17, 15) is 0 Å². The first-order valence-electron chi connectivity index (χ1n) is 18.0. The molecule has 4 aromatic carbocycles. The Balaban J connectivity index is 1.06. The second kappa shape index (κ2) is 14.5. The lowest BCUT2D eigenvalue weighted by Gasteiger charge is -2.28. The van der Waals surface area contributed by atoms with Crippen LogP contribution in [-0.2, 0) is 6.42 Å². The van der Waals surface area contributed by atoms with Crippen molar-refractivity contribution in [3.8, 4) is 44.9 Å². The largest absolute Gasteiger partial charge is 0.397 e. The number of nitrogens with two attached hydrogens (primary N) is 1. The van der Waals surface area contributed by atoms with Crippen LogP contribution in [0.25, 0.3) is 66.7 Å². The first kappa shape index (κ1) is 33.5. The Hall–Kier alpha value is -6.66. The minimum Gasteiger partial charge on any atom is -0.397 e. The summed E-state index contributed by atoms with van der Waals surface area (Å²) >= 11 is 0. The van der Waals surface area contributed by atoms with Crippen LogP contribution < -0.4 is 10.6 Å². The first-order valence-corrected chi connectivity index (χ1v) is 18.0. The van der Waals surface area contributed by atoms with Crippen LogP contribution >= 0.6 is 0 Å². The fraction of sp³-hybridized carbons (Fsp3) is 0.106. The zero-order valence-electron chi connectivity index (χ0n) is 29.9. The summed E-state index contributed by atoms with van der Waals surface area (Å²) in [6.07, 6.45) is 7.56. The maximum absolute atomic E-state index is 6.58. The van der Waals surface area contributed by atoms with Crippen LogP contribution in [0.15, 0.2) is 159 Å². The lowest BCUT2D eigenvalue weighted by Crippen LogP contribution is -2.23. The molecular weight excluding hydrogens is 649 g/mol. The summed E-state index contributed by atoms with van der Waals surface area (Å²) in [7, 11) is 2.08. The number of nitrogens with zero attached hydrogens (tertiary/aromatic N) is 5. The van der Waals surface area contributed by atoms with E-state index in [2.05, 4.69) is 132 Å². The SMILES string of the molecule is C=CC(c1ccc2ccc(CCC)c(N)c2n1)N(C)c1ccc(-c2ccc3nc(-c4cc(-c5ccccn5)cc(-c5ccccn5)c4)ccc3c2)cc1. The summed E-state index contributed by atoms with van der Waals surface area (Å²) in [4.78, 5) is 21.6. The molecule has 6 nitrogen and oxygen atoms in total. The third-order valence-electron chi connectivity index (χ3n) is 9.92. The van der Waals surface area contributed by atoms with Gasteiger partial charge in [-0.3, -0.25) is 9.97 Å². The molecule has 0 saturated carbocycles. The Kier molecular flexibility index (Phi) is 9.18. The van der Waals surface area contributed by atoms with Crippen molar-refractivity contribution in [3.05, 3.63) is 170 Å². The van der Waals surface area contributed by atoms with Crippen LogP contribution in [0.3, 0.4) is 0 Å². The highest BCUT2D eigenvalue weighted by Gasteiger charge is 2.18.